The number of nitrogens with zero attached hydrogens (tertiary/aromatic N) is 2. The molecule has 1 aliphatic carbocycles. The van der Waals surface area contributed by atoms with E-state index in [4.69, 9.17) is 64.0 Å². The third-order valence-corrected chi connectivity index (χ3v) is 20.5. The van der Waals surface area contributed by atoms with Gasteiger partial charge in [-0.3, -0.25) is 33.2 Å². The average Bonchev–Trinajstić information content (AvgIpc) is 0.885. The second kappa shape index (κ2) is 30.7. The summed E-state index contributed by atoms with van der Waals surface area (Å²) in [6.45, 7) is 4.31. The first-order valence-electron chi connectivity index (χ1n) is 25.3. The molecule has 0 bridgehead atoms. The summed E-state index contributed by atoms with van der Waals surface area (Å²) in [6, 6.07) is 9.25. The largest absolute Gasteiger partial charge is 0.490 e. The number of amides is 2. The van der Waals surface area contributed by atoms with Gasteiger partial charge in [0.15, 0.2) is 21.1 Å². The number of anilines is 2. The van der Waals surface area contributed by atoms with Crippen LogP contribution in [0.3, 0.4) is 0 Å². The second-order valence-electron chi connectivity index (χ2n) is 19.0. The van der Waals surface area contributed by atoms with Crippen LogP contribution in [0, 0.1) is 5.41 Å². The predicted octanol–water partition coefficient (Wildman–Crippen LogP) is 2.73. The lowest BCUT2D eigenvalue weighted by atomic mass is 9.89. The Bertz CT molecular complexity index is 3830. The fourth-order valence-corrected chi connectivity index (χ4v) is 14.9. The number of hydrogen-bond donors (Lipinski definition) is 12. The highest BCUT2D eigenvalue weighted by Gasteiger charge is 2.44. The zero-order chi connectivity index (χ0) is 65.0. The number of carboxylic acids is 1. The first-order chi connectivity index (χ1) is 41.1. The van der Waals surface area contributed by atoms with Gasteiger partial charge in [0.1, 0.15) is 24.1 Å². The number of carbonyl (C=O) groups excluding carboxylic acids is 2. The SMILES string of the molecule is CC(C)(CNC(=O)CCOCCOCCOCCOCCNC(=O)c1ccc(-c2c3ccc(=N)c(S(=O)(=O)O)c-3oc3c(S(=O)(=O)O)c(N)ccc23)c(C(=O)O)c1)SSCO[C@@H]1C[C@H](n2ccc(N)nc2=O)O[C@@H]1COP(=O)(O)OP(=O)(O)OP(=O)(O)O. The van der Waals surface area contributed by atoms with Gasteiger partial charge in [-0.2, -0.15) is 30.4 Å². The molecular formula is C46H60N7O28P3S4. The summed E-state index contributed by atoms with van der Waals surface area (Å²) in [4.78, 5) is 89.5. The van der Waals surface area contributed by atoms with Gasteiger partial charge in [0.2, 0.25) is 5.91 Å². The Balaban J connectivity index is 0.844. The number of carboxylic acid groups (broad SMARTS) is 1. The third-order valence-electron chi connectivity index (χ3n) is 11.9. The van der Waals surface area contributed by atoms with Crippen LogP contribution in [0.4, 0.5) is 11.5 Å². The molecule has 1 fully saturated rings. The van der Waals surface area contributed by atoms with Gasteiger partial charge in [0.25, 0.3) is 26.1 Å². The summed E-state index contributed by atoms with van der Waals surface area (Å²) in [6.07, 6.45) is -1.89. The number of phosphoric ester groups is 1. The zero-order valence-corrected chi connectivity index (χ0v) is 52.0. The Hall–Kier alpha value is -5.29. The van der Waals surface area contributed by atoms with Gasteiger partial charge in [-0.25, -0.2) is 23.3 Å². The van der Waals surface area contributed by atoms with E-state index in [1.54, 1.807) is 0 Å². The van der Waals surface area contributed by atoms with Crippen molar-refractivity contribution in [1.29, 1.82) is 5.41 Å². The molecule has 2 amide bonds. The first kappa shape index (κ1) is 71.8. The number of nitrogens with two attached hydrogens (primary N) is 2. The van der Waals surface area contributed by atoms with Crippen molar-refractivity contribution in [2.45, 2.75) is 59.7 Å². The van der Waals surface area contributed by atoms with E-state index >= 15 is 0 Å². The fourth-order valence-electron chi connectivity index (χ4n) is 8.18. The molecule has 2 aliphatic heterocycles. The Kier molecular flexibility index (Phi) is 25.0. The van der Waals surface area contributed by atoms with Crippen LogP contribution in [0.25, 0.3) is 33.4 Å². The number of aromatic carboxylic acids is 1. The minimum atomic E-state index is -5.80. The summed E-state index contributed by atoms with van der Waals surface area (Å²) < 4.78 is 157. The van der Waals surface area contributed by atoms with Crippen molar-refractivity contribution in [2.24, 2.45) is 0 Å². The molecular weight excluding hydrogens is 1320 g/mol. The molecule has 3 heterocycles. The number of carbonyl (C=O) groups is 3. The zero-order valence-electron chi connectivity index (χ0n) is 46.1. The lowest BCUT2D eigenvalue weighted by Gasteiger charge is -2.24. The van der Waals surface area contributed by atoms with Crippen LogP contribution >= 0.6 is 45.1 Å². The molecule has 486 valence electrons. The maximum absolute atomic E-state index is 13.2. The Morgan fingerprint density at radius 2 is 1.45 bits per heavy atom. The molecule has 3 aromatic rings. The third kappa shape index (κ3) is 20.9. The van der Waals surface area contributed by atoms with E-state index in [0.29, 0.717) is 0 Å². The molecule has 0 spiro atoms. The normalized spacial score (nSPS) is 17.2. The van der Waals surface area contributed by atoms with E-state index in [9.17, 15) is 73.7 Å². The molecule has 3 aliphatic rings. The summed E-state index contributed by atoms with van der Waals surface area (Å²) in [5.74, 6) is -3.42. The minimum absolute atomic E-state index is 0.0152. The lowest BCUT2D eigenvalue weighted by molar-refractivity contribution is -0.122. The number of rotatable bonds is 35. The lowest BCUT2D eigenvalue weighted by Crippen LogP contribution is -2.36. The van der Waals surface area contributed by atoms with Crippen LogP contribution in [-0.4, -0.2) is 173 Å². The monoisotopic (exact) mass is 1380 g/mol. The van der Waals surface area contributed by atoms with Gasteiger partial charge in [0.05, 0.1) is 82.2 Å². The van der Waals surface area contributed by atoms with E-state index in [1.807, 2.05) is 13.8 Å². The van der Waals surface area contributed by atoms with E-state index in [1.165, 1.54) is 58.1 Å². The van der Waals surface area contributed by atoms with Crippen molar-refractivity contribution in [3.8, 4) is 22.5 Å². The summed E-state index contributed by atoms with van der Waals surface area (Å²) >= 11 is 0. The van der Waals surface area contributed by atoms with Crippen molar-refractivity contribution in [1.82, 2.24) is 20.2 Å². The topological polar surface area (TPSA) is 543 Å². The molecule has 1 saturated heterocycles. The fraction of sp³-hybridized carbons (Fsp3) is 0.435. The van der Waals surface area contributed by atoms with Crippen LogP contribution in [0.1, 0.15) is 53.6 Å². The number of benzene rings is 3. The van der Waals surface area contributed by atoms with Gasteiger partial charge in [-0.1, -0.05) is 27.7 Å². The maximum Gasteiger partial charge on any atom is 0.490 e. The Morgan fingerprint density at radius 3 is 2.07 bits per heavy atom. The Labute approximate surface area is 507 Å². The number of ether oxygens (including phenoxy) is 6. The molecule has 14 N–H and O–H groups in total. The Morgan fingerprint density at radius 1 is 0.830 bits per heavy atom. The highest BCUT2D eigenvalue weighted by atomic mass is 33.1. The number of fused-ring (bicyclic) bond motifs is 2. The van der Waals surface area contributed by atoms with Gasteiger partial charge < -0.3 is 79.6 Å². The second-order valence-corrected chi connectivity index (χ2v) is 29.1. The molecule has 42 heteroatoms. The standard InChI is InChI=1S/C46H60N7O28P3S4/c1-46(2,86-85-25-76-33-22-37(53-12-9-35(49)52-45(53)58)78-34(33)23-77-83(62,63)81-84(64,65)80-82(59,60)61)24-51-36(54)10-13-72-15-17-74-19-20-75-18-16-73-14-11-50-43(55)26-3-4-27(30(21-26)44(56)57)38-28-5-7-31(47)41(87(66,67)68)39(28)79-40-29(38)6-8-32(48)42(40)88(69,70)71/h3-9,12,21,33-34,37,47H,10-11,13-20,22-25,48H2,1-2H3,(H,50,55)(H,51,54)(H,56,57)(H,62,63)(H,64,65)(H2,49,52,58)(H2,59,60,61)(H,66,67,68)(H,69,70,71)/t33-,34-,37-/m1/s1. The van der Waals surface area contributed by atoms with Crippen LogP contribution < -0.4 is 33.1 Å². The summed E-state index contributed by atoms with van der Waals surface area (Å²) in [5, 5.41) is 23.0. The van der Waals surface area contributed by atoms with Gasteiger partial charge in [0, 0.05) is 59.0 Å². The molecule has 35 nitrogen and oxygen atoms in total. The van der Waals surface area contributed by atoms with Gasteiger partial charge in [-0.05, 0) is 61.9 Å². The van der Waals surface area contributed by atoms with Crippen molar-refractivity contribution in [3.63, 3.8) is 0 Å². The molecule has 88 heavy (non-hydrogen) atoms. The molecule has 2 unspecified atom stereocenters. The van der Waals surface area contributed by atoms with Crippen LogP contribution in [0.2, 0.25) is 0 Å². The van der Waals surface area contributed by atoms with E-state index in [2.05, 4.69) is 24.2 Å². The molecule has 0 radical (unpaired) electrons. The minimum Gasteiger partial charge on any atom is -0.478 e. The van der Waals surface area contributed by atoms with E-state index in [-0.39, 0.29) is 124 Å². The predicted molar refractivity (Wildman–Crippen MR) is 309 cm³/mol. The van der Waals surface area contributed by atoms with Crippen molar-refractivity contribution >= 4 is 106 Å². The van der Waals surface area contributed by atoms with Crippen LogP contribution in [0.5, 0.6) is 0 Å². The van der Waals surface area contributed by atoms with E-state index < -0.39 is 129 Å². The quantitative estimate of drug-likeness (QED) is 0.00528. The van der Waals surface area contributed by atoms with Crippen LogP contribution in [-0.2, 0) is 80.3 Å². The number of nitrogen functional groups attached to an aromatic ring is 2. The molecule has 1 aromatic heterocycles. The van der Waals surface area contributed by atoms with Gasteiger partial charge >= 0.3 is 35.1 Å². The number of aromatic nitrogens is 2. The van der Waals surface area contributed by atoms with Crippen molar-refractivity contribution in [3.05, 3.63) is 81.7 Å². The van der Waals surface area contributed by atoms with Crippen LogP contribution in [0.15, 0.2) is 73.7 Å². The summed E-state index contributed by atoms with van der Waals surface area (Å²) in [7, 11) is -24.8. The number of nitrogens with one attached hydrogen (secondary N) is 3. The smallest absolute Gasteiger partial charge is 0.478 e. The van der Waals surface area contributed by atoms with E-state index in [0.717, 1.165) is 22.8 Å². The summed E-state index contributed by atoms with van der Waals surface area (Å²) in [5.41, 5.74) is 8.20. The first-order valence-corrected chi connectivity index (χ1v) is 35.0. The molecule has 5 atom stereocenters. The maximum atomic E-state index is 13.2. The molecule has 0 saturated carbocycles. The number of phosphoric acid groups is 3. The highest BCUT2D eigenvalue weighted by Crippen LogP contribution is 2.66. The average molecular weight is 1380 g/mol. The van der Waals surface area contributed by atoms with Gasteiger partial charge in [-0.15, -0.1) is 0 Å². The van der Waals surface area contributed by atoms with Crippen molar-refractivity contribution in [2.75, 3.05) is 90.0 Å². The molecule has 6 rings (SSSR count). The molecule has 2 aromatic carbocycles. The number of hydrogen-bond acceptors (Lipinski definition) is 27. The highest BCUT2D eigenvalue weighted by molar-refractivity contribution is 8.77. The van der Waals surface area contributed by atoms with Crippen molar-refractivity contribution < 1.29 is 125 Å².